The number of fused-ring (bicyclic) bond motifs is 3. The van der Waals surface area contributed by atoms with E-state index < -0.39 is 12.2 Å². The largest absolute Gasteiger partial charge is 0.493 e. The fraction of sp³-hybridized carbons (Fsp3) is 0.357. The smallest absolute Gasteiger partial charge is 0.407 e. The third-order valence-electron chi connectivity index (χ3n) is 6.70. The summed E-state index contributed by atoms with van der Waals surface area (Å²) in [5, 5.41) is 20.0. The summed E-state index contributed by atoms with van der Waals surface area (Å²) >= 11 is 1.57. The maximum absolute atomic E-state index is 12.3. The molecule has 0 saturated carbocycles. The number of para-hydroxylation sites is 1. The van der Waals surface area contributed by atoms with E-state index in [2.05, 4.69) is 4.40 Å². The Labute approximate surface area is 225 Å². The van der Waals surface area contributed by atoms with E-state index >= 15 is 0 Å². The molecule has 0 bridgehead atoms. The van der Waals surface area contributed by atoms with Crippen LogP contribution in [0.1, 0.15) is 38.8 Å². The number of methoxy groups -OCH3 is 2. The molecule has 202 valence electrons. The third kappa shape index (κ3) is 4.83. The van der Waals surface area contributed by atoms with Crippen LogP contribution in [0.2, 0.25) is 0 Å². The average Bonchev–Trinajstić information content (AvgIpc) is 3.38. The molecule has 0 aliphatic carbocycles. The first-order valence-electron chi connectivity index (χ1n) is 12.3. The van der Waals surface area contributed by atoms with Crippen molar-refractivity contribution in [3.05, 3.63) is 53.6 Å². The van der Waals surface area contributed by atoms with E-state index in [1.807, 2.05) is 70.2 Å². The van der Waals surface area contributed by atoms with Crippen molar-refractivity contribution < 1.29 is 29.3 Å². The minimum Gasteiger partial charge on any atom is -0.493 e. The van der Waals surface area contributed by atoms with Crippen LogP contribution in [0.3, 0.4) is 0 Å². The monoisotopic (exact) mass is 539 g/mol. The Balaban J connectivity index is 2.11. The summed E-state index contributed by atoms with van der Waals surface area (Å²) in [6, 6.07) is 13.0. The number of amides is 2. The fourth-order valence-electron chi connectivity index (χ4n) is 4.72. The highest BCUT2D eigenvalue weighted by Crippen LogP contribution is 2.43. The normalized spacial score (nSPS) is 11.5. The van der Waals surface area contributed by atoms with Crippen molar-refractivity contribution in [1.29, 1.82) is 0 Å². The minimum atomic E-state index is -1.04. The van der Waals surface area contributed by atoms with Gasteiger partial charge in [-0.1, -0.05) is 12.1 Å². The van der Waals surface area contributed by atoms with E-state index in [4.69, 9.17) is 9.47 Å². The van der Waals surface area contributed by atoms with Crippen molar-refractivity contribution >= 4 is 38.6 Å². The maximum Gasteiger partial charge on any atom is 0.407 e. The molecule has 0 aliphatic rings. The Morgan fingerprint density at radius 2 is 1.45 bits per heavy atom. The summed E-state index contributed by atoms with van der Waals surface area (Å²) in [5.41, 5.74) is 4.12. The minimum absolute atomic E-state index is 0.0975. The number of ether oxygens (including phenoxy) is 2. The zero-order valence-electron chi connectivity index (χ0n) is 22.4. The first-order chi connectivity index (χ1) is 18.1. The molecule has 0 unspecified atom stereocenters. The Kier molecular flexibility index (Phi) is 7.73. The molecule has 0 aliphatic heterocycles. The molecule has 2 amide bonds. The molecule has 0 atom stereocenters. The first-order valence-corrected chi connectivity index (χ1v) is 13.2. The highest BCUT2D eigenvalue weighted by atomic mass is 32.1. The molecule has 2 N–H and O–H groups in total. The van der Waals surface area contributed by atoms with Crippen LogP contribution in [-0.2, 0) is 13.1 Å². The lowest BCUT2D eigenvalue weighted by atomic mass is 10.0. The topological polar surface area (TPSA) is 104 Å². The van der Waals surface area contributed by atoms with Crippen molar-refractivity contribution in [2.45, 2.75) is 52.9 Å². The molecular weight excluding hydrogens is 506 g/mol. The molecule has 2 aromatic heterocycles. The number of hydrogen-bond acceptors (Lipinski definition) is 5. The number of rotatable bonds is 9. The van der Waals surface area contributed by atoms with Crippen LogP contribution < -0.4 is 9.47 Å². The van der Waals surface area contributed by atoms with E-state index in [1.54, 1.807) is 25.6 Å². The second-order valence-corrected chi connectivity index (χ2v) is 10.6. The van der Waals surface area contributed by atoms with E-state index in [1.165, 1.54) is 9.80 Å². The lowest BCUT2D eigenvalue weighted by Crippen LogP contribution is -2.37. The van der Waals surface area contributed by atoms with Crippen molar-refractivity contribution in [3.63, 3.8) is 0 Å². The van der Waals surface area contributed by atoms with Crippen molar-refractivity contribution in [3.8, 4) is 22.8 Å². The van der Waals surface area contributed by atoms with E-state index in [0.29, 0.717) is 11.5 Å². The lowest BCUT2D eigenvalue weighted by molar-refractivity contribution is 0.124. The summed E-state index contributed by atoms with van der Waals surface area (Å²) < 4.78 is 14.2. The van der Waals surface area contributed by atoms with Crippen LogP contribution in [0, 0.1) is 0 Å². The van der Waals surface area contributed by atoms with E-state index in [-0.39, 0.29) is 25.2 Å². The number of nitrogens with zero attached hydrogens (tertiary/aromatic N) is 3. The molecule has 4 rings (SSSR count). The van der Waals surface area contributed by atoms with E-state index in [9.17, 15) is 19.8 Å². The molecule has 9 nitrogen and oxygen atoms in total. The van der Waals surface area contributed by atoms with Crippen molar-refractivity contribution in [1.82, 2.24) is 14.2 Å². The van der Waals surface area contributed by atoms with Gasteiger partial charge in [0, 0.05) is 28.8 Å². The molecule has 0 spiro atoms. The van der Waals surface area contributed by atoms with Gasteiger partial charge in [-0.25, -0.2) is 9.59 Å². The summed E-state index contributed by atoms with van der Waals surface area (Å²) in [5.74, 6) is 1.12. The average molecular weight is 540 g/mol. The highest BCUT2D eigenvalue weighted by molar-refractivity contribution is 7.24. The molecule has 38 heavy (non-hydrogen) atoms. The molecule has 0 radical (unpaired) electrons. The van der Waals surface area contributed by atoms with Gasteiger partial charge in [-0.15, -0.1) is 11.3 Å². The van der Waals surface area contributed by atoms with Gasteiger partial charge >= 0.3 is 12.2 Å². The second kappa shape index (κ2) is 10.8. The number of hydrogen-bond donors (Lipinski definition) is 2. The van der Waals surface area contributed by atoms with Crippen LogP contribution in [-0.4, -0.2) is 62.9 Å². The van der Waals surface area contributed by atoms with Gasteiger partial charge in [-0.05, 0) is 58.0 Å². The van der Waals surface area contributed by atoms with Gasteiger partial charge in [-0.2, -0.15) is 0 Å². The van der Waals surface area contributed by atoms with Gasteiger partial charge in [-0.3, -0.25) is 4.40 Å². The van der Waals surface area contributed by atoms with Gasteiger partial charge in [0.05, 0.1) is 43.2 Å². The number of carboxylic acid groups (broad SMARTS) is 2. The Morgan fingerprint density at radius 3 is 2.00 bits per heavy atom. The molecule has 0 fully saturated rings. The van der Waals surface area contributed by atoms with Crippen LogP contribution in [0.15, 0.2) is 42.5 Å². The summed E-state index contributed by atoms with van der Waals surface area (Å²) in [7, 11) is 3.14. The predicted molar refractivity (Wildman–Crippen MR) is 149 cm³/mol. The van der Waals surface area contributed by atoms with Gasteiger partial charge < -0.3 is 29.5 Å². The third-order valence-corrected chi connectivity index (χ3v) is 7.89. The molecule has 10 heteroatoms. The quantitative estimate of drug-likeness (QED) is 0.248. The number of thiazole rings is 1. The zero-order chi connectivity index (χ0) is 27.7. The van der Waals surface area contributed by atoms with Gasteiger partial charge in [0.2, 0.25) is 0 Å². The Bertz CT molecular complexity index is 1490. The Morgan fingerprint density at radius 1 is 0.868 bits per heavy atom. The van der Waals surface area contributed by atoms with Crippen LogP contribution in [0.4, 0.5) is 9.59 Å². The molecular formula is C28H33N3O6S. The van der Waals surface area contributed by atoms with Crippen molar-refractivity contribution in [2.75, 3.05) is 14.2 Å². The number of aromatic nitrogens is 1. The fourth-order valence-corrected chi connectivity index (χ4v) is 5.93. The maximum atomic E-state index is 12.3. The molecule has 2 heterocycles. The van der Waals surface area contributed by atoms with Gasteiger partial charge in [0.15, 0.2) is 11.5 Å². The number of benzene rings is 2. The highest BCUT2D eigenvalue weighted by Gasteiger charge is 2.30. The van der Waals surface area contributed by atoms with Crippen LogP contribution in [0.5, 0.6) is 11.5 Å². The standard InChI is InChI=1S/C28H33N3O6S/c1-16(2)29(27(32)33)14-19-20(15-30(17(3)4)28(34)35)26-31(21-9-7-8-10-24(21)38-26)25(19)18-11-12-22(36-5)23(13-18)37-6/h7-13,16-17H,14-15H2,1-6H3,(H,32,33)(H,34,35). The second-order valence-electron chi connectivity index (χ2n) is 9.59. The summed E-state index contributed by atoms with van der Waals surface area (Å²) in [6.45, 7) is 7.54. The summed E-state index contributed by atoms with van der Waals surface area (Å²) in [6.07, 6.45) is -2.07. The summed E-state index contributed by atoms with van der Waals surface area (Å²) in [4.78, 5) is 28.1. The lowest BCUT2D eigenvalue weighted by Gasteiger charge is -2.27. The zero-order valence-corrected chi connectivity index (χ0v) is 23.2. The van der Waals surface area contributed by atoms with Gasteiger partial charge in [0.1, 0.15) is 4.83 Å². The molecule has 0 saturated heterocycles. The van der Waals surface area contributed by atoms with Gasteiger partial charge in [0.25, 0.3) is 0 Å². The van der Waals surface area contributed by atoms with Crippen molar-refractivity contribution in [2.24, 2.45) is 0 Å². The Hall–Kier alpha value is -3.92. The predicted octanol–water partition coefficient (Wildman–Crippen LogP) is 6.62. The SMILES string of the molecule is COc1ccc(-c2c(CN(C(=O)O)C(C)C)c(CN(C(=O)O)C(C)C)c3sc4ccccc4n23)cc1OC. The number of carbonyl (C=O) groups is 2. The molecule has 2 aromatic carbocycles. The van der Waals surface area contributed by atoms with E-state index in [0.717, 1.165) is 37.4 Å². The first kappa shape index (κ1) is 27.1. The van der Waals surface area contributed by atoms with Crippen LogP contribution in [0.25, 0.3) is 26.3 Å². The molecule has 4 aromatic rings. The van der Waals surface area contributed by atoms with Crippen LogP contribution >= 0.6 is 11.3 Å².